The molecule has 1 nitrogen and oxygen atoms in total. The van der Waals surface area contributed by atoms with E-state index in [1.54, 1.807) is 0 Å². The lowest BCUT2D eigenvalue weighted by atomic mass is 10.1. The van der Waals surface area contributed by atoms with Crippen LogP contribution in [0.4, 0.5) is 0 Å². The average molecular weight is 189 g/mol. The van der Waals surface area contributed by atoms with E-state index in [1.807, 2.05) is 12.2 Å². The second-order valence-corrected chi connectivity index (χ2v) is 3.44. The molecule has 0 spiro atoms. The van der Waals surface area contributed by atoms with Crippen molar-refractivity contribution in [1.29, 1.82) is 0 Å². The Bertz CT molecular complexity index is 395. The fourth-order valence-electron chi connectivity index (χ4n) is 1.66. The number of hydrogen-bond donors (Lipinski definition) is 1. The molecule has 0 aliphatic carbocycles. The lowest BCUT2D eigenvalue weighted by Gasteiger charge is -1.93. The van der Waals surface area contributed by atoms with Gasteiger partial charge in [-0.3, -0.25) is 0 Å². The quantitative estimate of drug-likeness (QED) is 0.747. The van der Waals surface area contributed by atoms with Gasteiger partial charge < -0.3 is 4.98 Å². The summed E-state index contributed by atoms with van der Waals surface area (Å²) < 4.78 is 0. The van der Waals surface area contributed by atoms with Crippen LogP contribution < -0.4 is 10.6 Å². The summed E-state index contributed by atoms with van der Waals surface area (Å²) in [7, 11) is 0. The molecule has 0 aromatic carbocycles. The number of aryl methyl sites for hydroxylation is 1. The van der Waals surface area contributed by atoms with Crippen molar-refractivity contribution in [2.45, 2.75) is 33.1 Å². The van der Waals surface area contributed by atoms with Crippen LogP contribution in [-0.4, -0.2) is 4.98 Å². The van der Waals surface area contributed by atoms with Crippen molar-refractivity contribution in [2.24, 2.45) is 0 Å². The summed E-state index contributed by atoms with van der Waals surface area (Å²) in [5.74, 6) is 0. The number of aromatic nitrogens is 1. The third-order valence-corrected chi connectivity index (χ3v) is 2.41. The van der Waals surface area contributed by atoms with Gasteiger partial charge in [-0.25, -0.2) is 0 Å². The van der Waals surface area contributed by atoms with E-state index in [4.69, 9.17) is 0 Å². The molecule has 1 aromatic heterocycles. The van der Waals surface area contributed by atoms with Crippen LogP contribution in [0.1, 0.15) is 32.3 Å². The van der Waals surface area contributed by atoms with Gasteiger partial charge in [-0.1, -0.05) is 32.1 Å². The van der Waals surface area contributed by atoms with Crippen LogP contribution in [0.3, 0.4) is 0 Å². The highest BCUT2D eigenvalue weighted by atomic mass is 14.7. The van der Waals surface area contributed by atoms with Crippen molar-refractivity contribution < 1.29 is 0 Å². The molecule has 0 fully saturated rings. The van der Waals surface area contributed by atoms with Gasteiger partial charge in [0.25, 0.3) is 0 Å². The number of unbranched alkanes of at least 4 members (excludes halogenated alkanes) is 1. The molecule has 0 saturated heterocycles. The Labute approximate surface area is 85.9 Å². The lowest BCUT2D eigenvalue weighted by Crippen LogP contribution is -2.24. The zero-order chi connectivity index (χ0) is 10.4. The Morgan fingerprint density at radius 1 is 1.50 bits per heavy atom. The number of rotatable bonds is 4. The molecule has 0 atom stereocenters. The highest BCUT2D eigenvalue weighted by Gasteiger charge is 1.97. The molecule has 76 valence electrons. The second-order valence-electron chi connectivity index (χ2n) is 3.44. The molecule has 1 N–H and O–H groups in total. The SMILES string of the molecule is C=C/C=c1/[nH]cc(CCCC)/c1=C/C. The van der Waals surface area contributed by atoms with Crippen molar-refractivity contribution in [3.8, 4) is 0 Å². The summed E-state index contributed by atoms with van der Waals surface area (Å²) in [6.45, 7) is 8.02. The molecular formula is C13H19N. The molecular weight excluding hydrogens is 170 g/mol. The molecule has 0 unspecified atom stereocenters. The van der Waals surface area contributed by atoms with Gasteiger partial charge in [-0.05, 0) is 36.6 Å². The molecule has 0 aliphatic rings. The number of nitrogens with one attached hydrogen (secondary N) is 1. The fourth-order valence-corrected chi connectivity index (χ4v) is 1.66. The normalized spacial score (nSPS) is 13.6. The van der Waals surface area contributed by atoms with Gasteiger partial charge in [0, 0.05) is 11.5 Å². The number of H-pyrrole nitrogens is 1. The summed E-state index contributed by atoms with van der Waals surface area (Å²) in [4.78, 5) is 3.28. The second kappa shape index (κ2) is 5.48. The highest BCUT2D eigenvalue weighted by molar-refractivity contribution is 5.38. The fraction of sp³-hybridized carbons (Fsp3) is 0.385. The topological polar surface area (TPSA) is 15.8 Å². The van der Waals surface area contributed by atoms with Crippen LogP contribution in [0.2, 0.25) is 0 Å². The van der Waals surface area contributed by atoms with Crippen LogP contribution in [0, 0.1) is 0 Å². The third kappa shape index (κ3) is 2.38. The molecule has 0 saturated carbocycles. The van der Waals surface area contributed by atoms with Crippen molar-refractivity contribution in [3.63, 3.8) is 0 Å². The van der Waals surface area contributed by atoms with Crippen LogP contribution in [0.5, 0.6) is 0 Å². The van der Waals surface area contributed by atoms with E-state index in [0.29, 0.717) is 0 Å². The van der Waals surface area contributed by atoms with Crippen LogP contribution in [-0.2, 0) is 6.42 Å². The minimum Gasteiger partial charge on any atom is -0.361 e. The molecule has 1 rings (SSSR count). The molecule has 1 heterocycles. The number of allylic oxidation sites excluding steroid dienone is 1. The van der Waals surface area contributed by atoms with E-state index in [9.17, 15) is 0 Å². The predicted molar refractivity (Wildman–Crippen MR) is 63.5 cm³/mol. The van der Waals surface area contributed by atoms with Gasteiger partial charge in [0.1, 0.15) is 0 Å². The van der Waals surface area contributed by atoms with E-state index in [-0.39, 0.29) is 0 Å². The largest absolute Gasteiger partial charge is 0.361 e. The highest BCUT2D eigenvalue weighted by Crippen LogP contribution is 1.96. The van der Waals surface area contributed by atoms with Crippen molar-refractivity contribution >= 4 is 12.2 Å². The first-order chi connectivity index (χ1) is 6.83. The predicted octanol–water partition coefficient (Wildman–Crippen LogP) is 2.12. The Balaban J connectivity index is 3.09. The van der Waals surface area contributed by atoms with Gasteiger partial charge in [0.2, 0.25) is 0 Å². The number of hydrogen-bond acceptors (Lipinski definition) is 0. The van der Waals surface area contributed by atoms with Gasteiger partial charge >= 0.3 is 0 Å². The van der Waals surface area contributed by atoms with Gasteiger partial charge in [-0.15, -0.1) is 0 Å². The van der Waals surface area contributed by atoms with E-state index < -0.39 is 0 Å². The van der Waals surface area contributed by atoms with Gasteiger partial charge in [0.05, 0.1) is 0 Å². The number of aromatic amines is 1. The monoisotopic (exact) mass is 189 g/mol. The minimum absolute atomic E-state index is 1.16. The van der Waals surface area contributed by atoms with E-state index in [1.165, 1.54) is 29.0 Å². The first kappa shape index (κ1) is 10.8. The lowest BCUT2D eigenvalue weighted by molar-refractivity contribution is 0.793. The maximum atomic E-state index is 3.71. The van der Waals surface area contributed by atoms with Gasteiger partial charge in [-0.2, -0.15) is 0 Å². The summed E-state index contributed by atoms with van der Waals surface area (Å²) in [6, 6.07) is 0. The third-order valence-electron chi connectivity index (χ3n) is 2.41. The first-order valence-corrected chi connectivity index (χ1v) is 5.28. The summed E-state index contributed by atoms with van der Waals surface area (Å²) in [5.41, 5.74) is 1.42. The maximum absolute atomic E-state index is 3.71. The zero-order valence-electron chi connectivity index (χ0n) is 9.14. The van der Waals surface area contributed by atoms with Crippen LogP contribution >= 0.6 is 0 Å². The molecule has 1 heteroatoms. The van der Waals surface area contributed by atoms with Gasteiger partial charge in [0.15, 0.2) is 0 Å². The maximum Gasteiger partial charge on any atom is 0.0453 e. The Hall–Kier alpha value is -1.24. The van der Waals surface area contributed by atoms with E-state index in [2.05, 4.69) is 37.7 Å². The van der Waals surface area contributed by atoms with Crippen LogP contribution in [0.25, 0.3) is 12.2 Å². The Morgan fingerprint density at radius 3 is 2.86 bits per heavy atom. The van der Waals surface area contributed by atoms with E-state index in [0.717, 1.165) is 6.42 Å². The molecule has 0 amide bonds. The Kier molecular flexibility index (Phi) is 4.24. The standard InChI is InChI=1S/C13H19N/c1-4-7-9-11-10-14-13(8-5-2)12(11)6-3/h5-6,8,10,14H,2,4,7,9H2,1,3H3/b12-6-,13-8+. The van der Waals surface area contributed by atoms with E-state index >= 15 is 0 Å². The molecule has 0 radical (unpaired) electrons. The average Bonchev–Trinajstić information content (AvgIpc) is 2.58. The molecule has 14 heavy (non-hydrogen) atoms. The Morgan fingerprint density at radius 2 is 2.29 bits per heavy atom. The summed E-state index contributed by atoms with van der Waals surface area (Å²) in [5, 5.41) is 2.51. The van der Waals surface area contributed by atoms with Crippen molar-refractivity contribution in [1.82, 2.24) is 4.98 Å². The first-order valence-electron chi connectivity index (χ1n) is 5.28. The minimum atomic E-state index is 1.16. The zero-order valence-corrected chi connectivity index (χ0v) is 9.14. The molecule has 1 aromatic rings. The van der Waals surface area contributed by atoms with Crippen LogP contribution in [0.15, 0.2) is 18.9 Å². The van der Waals surface area contributed by atoms with Crippen molar-refractivity contribution in [3.05, 3.63) is 35.0 Å². The molecule has 0 bridgehead atoms. The summed E-state index contributed by atoms with van der Waals surface area (Å²) in [6.07, 6.45) is 11.8. The smallest absolute Gasteiger partial charge is 0.0453 e. The van der Waals surface area contributed by atoms with Crippen molar-refractivity contribution in [2.75, 3.05) is 0 Å². The summed E-state index contributed by atoms with van der Waals surface area (Å²) >= 11 is 0. The molecule has 0 aliphatic heterocycles.